The van der Waals surface area contributed by atoms with E-state index in [9.17, 15) is 19.2 Å². The van der Waals surface area contributed by atoms with Crippen LogP contribution in [0.1, 0.15) is 312 Å². The highest BCUT2D eigenvalue weighted by Crippen LogP contribution is 2.47. The molecule has 2 aliphatic rings. The van der Waals surface area contributed by atoms with Gasteiger partial charge < -0.3 is 50.8 Å². The fraction of sp³-hybridized carbons (Fsp3) is 0.887. The Hall–Kier alpha value is -3.68. The zero-order chi connectivity index (χ0) is 62.6. The Bertz CT molecular complexity index is 1680. The van der Waals surface area contributed by atoms with E-state index in [1.54, 1.807) is 6.08 Å². The first-order valence-corrected chi connectivity index (χ1v) is 35.2. The maximum atomic E-state index is 12.6. The van der Waals surface area contributed by atoms with Gasteiger partial charge in [-0.2, -0.15) is 0 Å². The van der Waals surface area contributed by atoms with Gasteiger partial charge in [0.1, 0.15) is 6.61 Å². The fourth-order valence-corrected chi connectivity index (χ4v) is 13.5. The van der Waals surface area contributed by atoms with Crippen LogP contribution in [0, 0.1) is 21.7 Å². The van der Waals surface area contributed by atoms with E-state index in [0.717, 1.165) is 77.3 Å². The molecule has 2 aliphatic carbocycles. The lowest BCUT2D eigenvalue weighted by atomic mass is 9.62. The molecule has 0 radical (unpaired) electrons. The first-order valence-electron chi connectivity index (χ1n) is 35.2. The smallest absolute Gasteiger partial charge is 0.407 e. The standard InChI is InChI=1S/C36H69N3O4.C35H67N3O4/c1-6-8-9-10-11-12-13-14-15-16-17-18-19-20-21-22-25-37-33(40)39-32-28-35(3,4)30-36(5,29-32)31-38-34(41)43-27-24-23-26-42-7-2;1-6-8-9-10-11-12-13-14-15-16-17-18-19-20-21-22-23-36-32(39)38-31-27-34(3,4)29-35(5,28-31)30-37-33(40)42-26-25-41-24-7-2/h7,32H,2,6,8-31H2,1,3-5H3,(H,38,41)(H2,37,39,40);7,31H,2,6,8-30H2,1,3-5H3,(H,37,40)(H2,36,38,39). The number of urea groups is 2. The van der Waals surface area contributed by atoms with E-state index >= 15 is 0 Å². The van der Waals surface area contributed by atoms with E-state index in [4.69, 9.17) is 18.9 Å². The lowest BCUT2D eigenvalue weighted by Gasteiger charge is -2.46. The Labute approximate surface area is 522 Å². The lowest BCUT2D eigenvalue weighted by Crippen LogP contribution is -2.52. The quantitative estimate of drug-likeness (QED) is 0.0198. The van der Waals surface area contributed by atoms with Gasteiger partial charge >= 0.3 is 24.2 Å². The highest BCUT2D eigenvalue weighted by Gasteiger charge is 2.43. The van der Waals surface area contributed by atoms with E-state index in [-0.39, 0.29) is 58.5 Å². The summed E-state index contributed by atoms with van der Waals surface area (Å²) in [6.45, 7) is 29.5. The minimum absolute atomic E-state index is 0.0705. The molecule has 2 fully saturated rings. The molecule has 85 heavy (non-hydrogen) atoms. The van der Waals surface area contributed by atoms with Gasteiger partial charge in [0.15, 0.2) is 0 Å². The number of carbonyl (C=O) groups excluding carboxylic acids is 4. The normalized spacial score (nSPS) is 19.5. The van der Waals surface area contributed by atoms with Gasteiger partial charge in [-0.25, -0.2) is 19.2 Å². The molecule has 0 heterocycles. The average molecular weight is 1200 g/mol. The van der Waals surface area contributed by atoms with Crippen LogP contribution >= 0.6 is 0 Å². The van der Waals surface area contributed by atoms with Crippen LogP contribution in [-0.2, 0) is 18.9 Å². The van der Waals surface area contributed by atoms with Gasteiger partial charge in [-0.15, -0.1) is 6.58 Å². The second-order valence-electron chi connectivity index (χ2n) is 28.0. The van der Waals surface area contributed by atoms with E-state index in [1.165, 1.54) is 199 Å². The molecule has 2 rings (SSSR count). The summed E-state index contributed by atoms with van der Waals surface area (Å²) in [4.78, 5) is 49.6. The third kappa shape index (κ3) is 48.0. The lowest BCUT2D eigenvalue weighted by molar-refractivity contribution is 0.0625. The van der Waals surface area contributed by atoms with Crippen molar-refractivity contribution in [3.63, 3.8) is 0 Å². The van der Waals surface area contributed by atoms with E-state index in [2.05, 4.69) is 100 Å². The van der Waals surface area contributed by atoms with Crippen LogP contribution in [0.4, 0.5) is 19.2 Å². The number of hydrogen-bond donors (Lipinski definition) is 6. The summed E-state index contributed by atoms with van der Waals surface area (Å²) in [7, 11) is 0. The third-order valence-electron chi connectivity index (χ3n) is 17.2. The topological polar surface area (TPSA) is 177 Å². The number of amides is 6. The summed E-state index contributed by atoms with van der Waals surface area (Å²) in [5.41, 5.74) is -0.0745. The van der Waals surface area contributed by atoms with Crippen molar-refractivity contribution in [2.75, 3.05) is 59.2 Å². The molecule has 14 nitrogen and oxygen atoms in total. The van der Waals surface area contributed by atoms with Gasteiger partial charge in [-0.3, -0.25) is 0 Å². The van der Waals surface area contributed by atoms with Crippen molar-refractivity contribution in [2.45, 2.75) is 324 Å². The van der Waals surface area contributed by atoms with Gasteiger partial charge in [-0.05, 0) is 85.9 Å². The maximum absolute atomic E-state index is 12.6. The van der Waals surface area contributed by atoms with Crippen LogP contribution in [0.25, 0.3) is 0 Å². The third-order valence-corrected chi connectivity index (χ3v) is 17.2. The molecule has 6 amide bonds. The molecule has 4 unspecified atom stereocenters. The summed E-state index contributed by atoms with van der Waals surface area (Å²) in [6, 6.07) is 0.0172. The number of carbonyl (C=O) groups is 4. The highest BCUT2D eigenvalue weighted by atomic mass is 16.6. The number of nitrogens with one attached hydrogen (secondary N) is 6. The summed E-state index contributed by atoms with van der Waals surface area (Å²) >= 11 is 0. The minimum Gasteiger partial charge on any atom is -0.502 e. The van der Waals surface area contributed by atoms with Gasteiger partial charge in [0, 0.05) is 38.3 Å². The molecule has 0 saturated heterocycles. The maximum Gasteiger partial charge on any atom is 0.407 e. The average Bonchev–Trinajstić information content (AvgIpc) is 2.32. The minimum atomic E-state index is -0.428. The van der Waals surface area contributed by atoms with E-state index < -0.39 is 6.09 Å². The Morgan fingerprint density at radius 2 is 0.741 bits per heavy atom. The SMILES string of the molecule is C=CCOCCOC(=O)NCC1(C)CC(NC(=O)NCCCCCCCCCCCCCCCCCC)CC(C)(C)C1.C=COCCCCOC(=O)NCC1(C)CC(NC(=O)NCCCCCCCCCCCCCCCCCC)CC(C)(C)C1. The largest absolute Gasteiger partial charge is 0.502 e. The van der Waals surface area contributed by atoms with Gasteiger partial charge in [0.05, 0.1) is 32.7 Å². The molecule has 4 atom stereocenters. The molecule has 0 aromatic rings. The number of unbranched alkanes of at least 4 members (excludes halogenated alkanes) is 31. The molecule has 0 bridgehead atoms. The molecule has 0 aromatic heterocycles. The molecule has 2 saturated carbocycles. The number of ether oxygens (including phenoxy) is 4. The molecular formula is C71H136N6O8. The summed E-state index contributed by atoms with van der Waals surface area (Å²) in [5, 5.41) is 18.4. The van der Waals surface area contributed by atoms with Crippen molar-refractivity contribution in [1.29, 1.82) is 0 Å². The predicted octanol–water partition coefficient (Wildman–Crippen LogP) is 18.9. The number of alkyl carbamates (subject to hydrolysis) is 2. The fourth-order valence-electron chi connectivity index (χ4n) is 13.5. The van der Waals surface area contributed by atoms with Gasteiger partial charge in [0.25, 0.3) is 0 Å². The van der Waals surface area contributed by atoms with Crippen molar-refractivity contribution in [3.8, 4) is 0 Å². The van der Waals surface area contributed by atoms with Gasteiger partial charge in [0.2, 0.25) is 0 Å². The monoisotopic (exact) mass is 1200 g/mol. The van der Waals surface area contributed by atoms with Crippen molar-refractivity contribution in [2.24, 2.45) is 21.7 Å². The molecule has 0 aromatic carbocycles. The Kier molecular flexibility index (Phi) is 47.8. The molecule has 6 N–H and O–H groups in total. The molecule has 0 aliphatic heterocycles. The zero-order valence-corrected chi connectivity index (χ0v) is 56.6. The summed E-state index contributed by atoms with van der Waals surface area (Å²) in [5.74, 6) is 0. The molecular weight excluding hydrogens is 1060 g/mol. The van der Waals surface area contributed by atoms with Crippen molar-refractivity contribution >= 4 is 24.2 Å². The van der Waals surface area contributed by atoms with Crippen LogP contribution in [-0.4, -0.2) is 95.5 Å². The first-order chi connectivity index (χ1) is 40.9. The highest BCUT2D eigenvalue weighted by molar-refractivity contribution is 5.74. The van der Waals surface area contributed by atoms with Crippen LogP contribution in [0.5, 0.6) is 0 Å². The molecule has 0 spiro atoms. The predicted molar refractivity (Wildman–Crippen MR) is 356 cm³/mol. The first kappa shape index (κ1) is 79.3. The number of rotatable bonds is 51. The second kappa shape index (κ2) is 51.2. The van der Waals surface area contributed by atoms with E-state index in [1.807, 2.05) is 0 Å². The Morgan fingerprint density at radius 3 is 1.08 bits per heavy atom. The number of hydrogen-bond acceptors (Lipinski definition) is 8. The molecule has 14 heteroatoms. The van der Waals surface area contributed by atoms with Gasteiger partial charge in [-0.1, -0.05) is 261 Å². The summed E-state index contributed by atoms with van der Waals surface area (Å²) in [6.07, 6.45) is 52.5. The van der Waals surface area contributed by atoms with Crippen LogP contribution in [0.15, 0.2) is 25.5 Å². The Balaban J connectivity index is 0.000000850. The van der Waals surface area contributed by atoms with Crippen LogP contribution in [0.2, 0.25) is 0 Å². The van der Waals surface area contributed by atoms with Crippen LogP contribution < -0.4 is 31.9 Å². The summed E-state index contributed by atoms with van der Waals surface area (Å²) < 4.78 is 20.8. The van der Waals surface area contributed by atoms with Crippen molar-refractivity contribution in [1.82, 2.24) is 31.9 Å². The van der Waals surface area contributed by atoms with Crippen molar-refractivity contribution in [3.05, 3.63) is 25.5 Å². The van der Waals surface area contributed by atoms with Crippen LogP contribution in [0.3, 0.4) is 0 Å². The Morgan fingerprint density at radius 1 is 0.412 bits per heavy atom. The zero-order valence-electron chi connectivity index (χ0n) is 56.6. The second-order valence-corrected chi connectivity index (χ2v) is 28.0. The van der Waals surface area contributed by atoms with Crippen molar-refractivity contribution < 1.29 is 38.1 Å². The molecule has 498 valence electrons. The van der Waals surface area contributed by atoms with E-state index in [0.29, 0.717) is 39.5 Å².